The molecule has 2 N–H and O–H groups in total. The second-order valence-corrected chi connectivity index (χ2v) is 3.40. The van der Waals surface area contributed by atoms with Crippen LogP contribution < -0.4 is 5.73 Å². The van der Waals surface area contributed by atoms with E-state index in [0.29, 0.717) is 18.6 Å². The molecule has 2 atom stereocenters. The molecule has 1 aliphatic heterocycles. The first-order chi connectivity index (χ1) is 5.74. The summed E-state index contributed by atoms with van der Waals surface area (Å²) >= 11 is 0. The van der Waals surface area contributed by atoms with Crippen molar-refractivity contribution in [2.45, 2.75) is 19.4 Å². The van der Waals surface area contributed by atoms with Crippen LogP contribution in [0.5, 0.6) is 0 Å². The predicted molar refractivity (Wildman–Crippen MR) is 49.5 cm³/mol. The molecule has 3 nitrogen and oxygen atoms in total. The van der Waals surface area contributed by atoms with Crippen LogP contribution in [0, 0.1) is 5.92 Å². The number of hydrogen-bond acceptors (Lipinski definition) is 3. The first-order valence-electron chi connectivity index (χ1n) is 4.48. The van der Waals surface area contributed by atoms with Gasteiger partial charge in [-0.1, -0.05) is 13.0 Å². The zero-order valence-electron chi connectivity index (χ0n) is 7.70. The molecule has 0 aromatic rings. The smallest absolute Gasteiger partial charge is 0.0864 e. The highest BCUT2D eigenvalue weighted by Crippen LogP contribution is 2.14. The van der Waals surface area contributed by atoms with E-state index in [2.05, 4.69) is 13.5 Å². The van der Waals surface area contributed by atoms with E-state index in [9.17, 15) is 0 Å². The molecule has 0 aromatic carbocycles. The lowest BCUT2D eigenvalue weighted by molar-refractivity contribution is -0.169. The minimum atomic E-state index is 0.341. The molecule has 0 aliphatic carbocycles. The highest BCUT2D eigenvalue weighted by molar-refractivity contribution is 4.77. The molecule has 3 heteroatoms. The summed E-state index contributed by atoms with van der Waals surface area (Å²) in [5.41, 5.74) is 5.87. The molecular formula is C9H18N2O. The standard InChI is InChI=1S/C9H18N2O/c1-3-6-12-11-5-4-9(10)8(2)7-11/h3,8-9H,1,4-7,10H2,2H3. The van der Waals surface area contributed by atoms with Crippen molar-refractivity contribution in [1.29, 1.82) is 0 Å². The SMILES string of the molecule is C=CCON1CCC(N)C(C)C1. The van der Waals surface area contributed by atoms with Gasteiger partial charge in [0.15, 0.2) is 0 Å². The molecule has 1 saturated heterocycles. The summed E-state index contributed by atoms with van der Waals surface area (Å²) in [6.07, 6.45) is 2.79. The normalized spacial score (nSPS) is 31.8. The van der Waals surface area contributed by atoms with Gasteiger partial charge in [0, 0.05) is 19.1 Å². The number of hydrogen-bond donors (Lipinski definition) is 1. The van der Waals surface area contributed by atoms with Gasteiger partial charge < -0.3 is 5.73 Å². The maximum absolute atomic E-state index is 5.87. The fourth-order valence-electron chi connectivity index (χ4n) is 1.40. The van der Waals surface area contributed by atoms with Crippen molar-refractivity contribution >= 4 is 0 Å². The lowest BCUT2D eigenvalue weighted by Gasteiger charge is -2.33. The van der Waals surface area contributed by atoms with Crippen molar-refractivity contribution in [3.05, 3.63) is 12.7 Å². The van der Waals surface area contributed by atoms with Crippen LogP contribution in [0.4, 0.5) is 0 Å². The molecule has 0 aromatic heterocycles. The summed E-state index contributed by atoms with van der Waals surface area (Å²) in [7, 11) is 0. The average Bonchev–Trinajstić information content (AvgIpc) is 2.07. The third-order valence-electron chi connectivity index (χ3n) is 2.31. The number of piperidine rings is 1. The fraction of sp³-hybridized carbons (Fsp3) is 0.778. The van der Waals surface area contributed by atoms with Gasteiger partial charge >= 0.3 is 0 Å². The van der Waals surface area contributed by atoms with Crippen molar-refractivity contribution in [2.24, 2.45) is 11.7 Å². The van der Waals surface area contributed by atoms with E-state index >= 15 is 0 Å². The summed E-state index contributed by atoms with van der Waals surface area (Å²) in [6.45, 7) is 8.25. The topological polar surface area (TPSA) is 38.5 Å². The third-order valence-corrected chi connectivity index (χ3v) is 2.31. The Labute approximate surface area is 74.1 Å². The molecule has 0 spiro atoms. The minimum absolute atomic E-state index is 0.341. The van der Waals surface area contributed by atoms with E-state index in [4.69, 9.17) is 10.6 Å². The highest BCUT2D eigenvalue weighted by Gasteiger charge is 2.22. The summed E-state index contributed by atoms with van der Waals surface area (Å²) < 4.78 is 0. The molecule has 12 heavy (non-hydrogen) atoms. The van der Waals surface area contributed by atoms with E-state index in [1.165, 1.54) is 0 Å². The average molecular weight is 170 g/mol. The van der Waals surface area contributed by atoms with E-state index in [-0.39, 0.29) is 0 Å². The van der Waals surface area contributed by atoms with Crippen LogP contribution in [-0.2, 0) is 4.84 Å². The Morgan fingerprint density at radius 1 is 1.75 bits per heavy atom. The Hall–Kier alpha value is -0.380. The van der Waals surface area contributed by atoms with Crippen molar-refractivity contribution in [3.8, 4) is 0 Å². The summed E-state index contributed by atoms with van der Waals surface area (Å²) in [6, 6.07) is 0.341. The van der Waals surface area contributed by atoms with Gasteiger partial charge in [0.05, 0.1) is 6.61 Å². The predicted octanol–water partition coefficient (Wildman–Crippen LogP) is 0.773. The van der Waals surface area contributed by atoms with Crippen LogP contribution in [0.1, 0.15) is 13.3 Å². The summed E-state index contributed by atoms with van der Waals surface area (Å²) in [4.78, 5) is 5.41. The van der Waals surface area contributed by atoms with Crippen molar-refractivity contribution in [1.82, 2.24) is 5.06 Å². The van der Waals surface area contributed by atoms with Crippen molar-refractivity contribution in [3.63, 3.8) is 0 Å². The molecule has 1 rings (SSSR count). The first kappa shape index (κ1) is 9.71. The van der Waals surface area contributed by atoms with E-state index in [0.717, 1.165) is 19.5 Å². The molecule has 0 saturated carbocycles. The lowest BCUT2D eigenvalue weighted by Crippen LogP contribution is -2.45. The molecule has 70 valence electrons. The molecule has 0 radical (unpaired) electrons. The largest absolute Gasteiger partial charge is 0.327 e. The zero-order chi connectivity index (χ0) is 8.97. The van der Waals surface area contributed by atoms with Gasteiger partial charge in [0.2, 0.25) is 0 Å². The maximum atomic E-state index is 5.87. The number of hydroxylamine groups is 2. The molecule has 0 bridgehead atoms. The van der Waals surface area contributed by atoms with Gasteiger partial charge in [-0.25, -0.2) is 0 Å². The monoisotopic (exact) mass is 170 g/mol. The zero-order valence-corrected chi connectivity index (χ0v) is 7.70. The molecule has 1 heterocycles. The Bertz CT molecular complexity index is 149. The van der Waals surface area contributed by atoms with Crippen molar-refractivity contribution in [2.75, 3.05) is 19.7 Å². The van der Waals surface area contributed by atoms with Crippen LogP contribution in [0.25, 0.3) is 0 Å². The Morgan fingerprint density at radius 3 is 3.08 bits per heavy atom. The Balaban J connectivity index is 2.25. The van der Waals surface area contributed by atoms with Gasteiger partial charge in [0.1, 0.15) is 0 Å². The highest BCUT2D eigenvalue weighted by atomic mass is 16.7. The molecule has 0 amide bonds. The van der Waals surface area contributed by atoms with Crippen LogP contribution in [0.15, 0.2) is 12.7 Å². The number of nitrogens with two attached hydrogens (primary N) is 1. The van der Waals surface area contributed by atoms with Crippen LogP contribution in [0.2, 0.25) is 0 Å². The molecule has 2 unspecified atom stereocenters. The van der Waals surface area contributed by atoms with Gasteiger partial charge in [-0.2, -0.15) is 5.06 Å². The summed E-state index contributed by atoms with van der Waals surface area (Å²) in [5, 5.41) is 1.98. The first-order valence-corrected chi connectivity index (χ1v) is 4.48. The Kier molecular flexibility index (Phi) is 3.72. The third kappa shape index (κ3) is 2.59. The lowest BCUT2D eigenvalue weighted by atomic mass is 9.96. The van der Waals surface area contributed by atoms with Gasteiger partial charge in [-0.05, 0) is 12.3 Å². The van der Waals surface area contributed by atoms with Gasteiger partial charge in [0.25, 0.3) is 0 Å². The van der Waals surface area contributed by atoms with E-state index in [1.54, 1.807) is 6.08 Å². The van der Waals surface area contributed by atoms with Crippen LogP contribution in [0.3, 0.4) is 0 Å². The molecular weight excluding hydrogens is 152 g/mol. The fourth-order valence-corrected chi connectivity index (χ4v) is 1.40. The second-order valence-electron chi connectivity index (χ2n) is 3.40. The number of rotatable bonds is 3. The maximum Gasteiger partial charge on any atom is 0.0864 e. The van der Waals surface area contributed by atoms with Gasteiger partial charge in [-0.3, -0.25) is 4.84 Å². The van der Waals surface area contributed by atoms with Crippen LogP contribution >= 0.6 is 0 Å². The minimum Gasteiger partial charge on any atom is -0.327 e. The van der Waals surface area contributed by atoms with Crippen LogP contribution in [-0.4, -0.2) is 30.8 Å². The summed E-state index contributed by atoms with van der Waals surface area (Å²) in [5.74, 6) is 0.531. The van der Waals surface area contributed by atoms with E-state index < -0.39 is 0 Å². The quantitative estimate of drug-likeness (QED) is 0.636. The number of nitrogens with zero attached hydrogens (tertiary/aromatic N) is 1. The Morgan fingerprint density at radius 2 is 2.50 bits per heavy atom. The van der Waals surface area contributed by atoms with Gasteiger partial charge in [-0.15, -0.1) is 6.58 Å². The van der Waals surface area contributed by atoms with Crippen molar-refractivity contribution < 1.29 is 4.84 Å². The molecule has 1 aliphatic rings. The van der Waals surface area contributed by atoms with E-state index in [1.807, 2.05) is 5.06 Å². The second kappa shape index (κ2) is 4.60. The molecule has 1 fully saturated rings.